The number of aliphatic imine (C=N–C) groups is 1. The van der Waals surface area contributed by atoms with Gasteiger partial charge < -0.3 is 20.1 Å². The first-order chi connectivity index (χ1) is 13.6. The van der Waals surface area contributed by atoms with E-state index in [0.717, 1.165) is 46.7 Å². The van der Waals surface area contributed by atoms with Crippen LogP contribution in [0.1, 0.15) is 56.3 Å². The fourth-order valence-corrected chi connectivity index (χ4v) is 3.38. The van der Waals surface area contributed by atoms with Crippen LogP contribution in [0.15, 0.2) is 28.6 Å². The minimum atomic E-state index is 0. The van der Waals surface area contributed by atoms with E-state index in [1.54, 1.807) is 18.4 Å². The van der Waals surface area contributed by atoms with E-state index < -0.39 is 0 Å². The SMILES string of the molecule is CCCOc1ccc(CN=C(NCC)NCc2nc(C(C)C)cs2)cc1OC.I. The van der Waals surface area contributed by atoms with Crippen LogP contribution >= 0.6 is 35.3 Å². The topological polar surface area (TPSA) is 67.8 Å². The molecule has 0 saturated heterocycles. The van der Waals surface area contributed by atoms with Crippen molar-refractivity contribution < 1.29 is 9.47 Å². The maximum Gasteiger partial charge on any atom is 0.191 e. The molecule has 0 saturated carbocycles. The van der Waals surface area contributed by atoms with Crippen LogP contribution in [-0.2, 0) is 13.1 Å². The Labute approximate surface area is 195 Å². The van der Waals surface area contributed by atoms with Gasteiger partial charge in [0.2, 0.25) is 0 Å². The zero-order valence-corrected chi connectivity index (χ0v) is 21.1. The highest BCUT2D eigenvalue weighted by Crippen LogP contribution is 2.28. The number of halogens is 1. The number of thiazole rings is 1. The molecule has 0 unspecified atom stereocenters. The summed E-state index contributed by atoms with van der Waals surface area (Å²) in [5.41, 5.74) is 2.20. The number of benzene rings is 1. The monoisotopic (exact) mass is 532 g/mol. The summed E-state index contributed by atoms with van der Waals surface area (Å²) < 4.78 is 11.2. The lowest BCUT2D eigenvalue weighted by Gasteiger charge is -2.12. The van der Waals surface area contributed by atoms with E-state index in [0.29, 0.717) is 25.6 Å². The second-order valence-corrected chi connectivity index (χ2v) is 7.65. The highest BCUT2D eigenvalue weighted by atomic mass is 127. The van der Waals surface area contributed by atoms with E-state index in [4.69, 9.17) is 9.47 Å². The van der Waals surface area contributed by atoms with Crippen LogP contribution in [0, 0.1) is 0 Å². The molecule has 0 aliphatic heterocycles. The Bertz CT molecular complexity index is 765. The van der Waals surface area contributed by atoms with E-state index in [2.05, 4.69) is 53.7 Å². The maximum absolute atomic E-state index is 5.71. The molecule has 0 amide bonds. The molecule has 1 aromatic heterocycles. The molecule has 0 atom stereocenters. The van der Waals surface area contributed by atoms with Crippen LogP contribution in [-0.4, -0.2) is 31.2 Å². The third-order valence-corrected chi connectivity index (χ3v) is 4.89. The van der Waals surface area contributed by atoms with E-state index in [1.807, 2.05) is 18.2 Å². The summed E-state index contributed by atoms with van der Waals surface area (Å²) in [6.45, 7) is 11.1. The zero-order chi connectivity index (χ0) is 20.4. The smallest absolute Gasteiger partial charge is 0.191 e. The molecule has 1 aromatic carbocycles. The number of guanidine groups is 1. The molecule has 2 rings (SSSR count). The molecule has 6 nitrogen and oxygen atoms in total. The lowest BCUT2D eigenvalue weighted by Crippen LogP contribution is -2.36. The van der Waals surface area contributed by atoms with Gasteiger partial charge in [-0.2, -0.15) is 0 Å². The van der Waals surface area contributed by atoms with Crippen molar-refractivity contribution in [1.82, 2.24) is 15.6 Å². The average molecular weight is 532 g/mol. The summed E-state index contributed by atoms with van der Waals surface area (Å²) in [5.74, 6) is 2.73. The average Bonchev–Trinajstić information content (AvgIpc) is 3.18. The molecule has 2 N–H and O–H groups in total. The Balaban J connectivity index is 0.00000420. The molecule has 162 valence electrons. The summed E-state index contributed by atoms with van der Waals surface area (Å²) in [6.07, 6.45) is 0.963. The van der Waals surface area contributed by atoms with Gasteiger partial charge in [0.1, 0.15) is 5.01 Å². The molecule has 8 heteroatoms. The quantitative estimate of drug-likeness (QED) is 0.258. The molecular weight excluding hydrogens is 499 g/mol. The lowest BCUT2D eigenvalue weighted by molar-refractivity contribution is 0.294. The summed E-state index contributed by atoms with van der Waals surface area (Å²) in [6, 6.07) is 5.95. The third kappa shape index (κ3) is 8.38. The van der Waals surface area contributed by atoms with Gasteiger partial charge in [0.15, 0.2) is 17.5 Å². The summed E-state index contributed by atoms with van der Waals surface area (Å²) >= 11 is 1.68. The van der Waals surface area contributed by atoms with Crippen molar-refractivity contribution in [2.24, 2.45) is 4.99 Å². The van der Waals surface area contributed by atoms with Gasteiger partial charge in [0, 0.05) is 11.9 Å². The van der Waals surface area contributed by atoms with Gasteiger partial charge in [-0.1, -0.05) is 26.8 Å². The van der Waals surface area contributed by atoms with Gasteiger partial charge in [0.05, 0.1) is 32.5 Å². The molecule has 2 aromatic rings. The van der Waals surface area contributed by atoms with Crippen LogP contribution in [0.2, 0.25) is 0 Å². The Morgan fingerprint density at radius 2 is 2.00 bits per heavy atom. The second kappa shape index (κ2) is 13.6. The van der Waals surface area contributed by atoms with Gasteiger partial charge >= 0.3 is 0 Å². The number of hydrogen-bond donors (Lipinski definition) is 2. The first kappa shape index (κ1) is 25.5. The molecule has 0 radical (unpaired) electrons. The number of hydrogen-bond acceptors (Lipinski definition) is 5. The number of ether oxygens (including phenoxy) is 2. The highest BCUT2D eigenvalue weighted by molar-refractivity contribution is 14.0. The highest BCUT2D eigenvalue weighted by Gasteiger charge is 2.08. The fraction of sp³-hybridized carbons (Fsp3) is 0.524. The fourth-order valence-electron chi connectivity index (χ4n) is 2.48. The molecule has 0 aliphatic rings. The van der Waals surface area contributed by atoms with Crippen molar-refractivity contribution in [3.05, 3.63) is 39.8 Å². The Hall–Kier alpha value is -1.55. The van der Waals surface area contributed by atoms with Crippen molar-refractivity contribution in [1.29, 1.82) is 0 Å². The number of nitrogens with zero attached hydrogens (tertiary/aromatic N) is 2. The van der Waals surface area contributed by atoms with E-state index in [1.165, 1.54) is 0 Å². The number of methoxy groups -OCH3 is 1. The predicted molar refractivity (Wildman–Crippen MR) is 132 cm³/mol. The van der Waals surface area contributed by atoms with Gasteiger partial charge in [-0.3, -0.25) is 0 Å². The Kier molecular flexibility index (Phi) is 12.0. The van der Waals surface area contributed by atoms with Gasteiger partial charge in [-0.05, 0) is 37.0 Å². The minimum absolute atomic E-state index is 0. The van der Waals surface area contributed by atoms with E-state index in [-0.39, 0.29) is 24.0 Å². The van der Waals surface area contributed by atoms with E-state index in [9.17, 15) is 0 Å². The lowest BCUT2D eigenvalue weighted by atomic mass is 10.2. The summed E-state index contributed by atoms with van der Waals surface area (Å²) in [5, 5.41) is 9.83. The van der Waals surface area contributed by atoms with Crippen LogP contribution in [0.25, 0.3) is 0 Å². The van der Waals surface area contributed by atoms with Gasteiger partial charge in [0.25, 0.3) is 0 Å². The van der Waals surface area contributed by atoms with Crippen molar-refractivity contribution in [2.75, 3.05) is 20.3 Å². The maximum atomic E-state index is 5.71. The van der Waals surface area contributed by atoms with Crippen LogP contribution < -0.4 is 20.1 Å². The van der Waals surface area contributed by atoms with Crippen molar-refractivity contribution in [3.8, 4) is 11.5 Å². The molecule has 0 spiro atoms. The van der Waals surface area contributed by atoms with Crippen molar-refractivity contribution in [3.63, 3.8) is 0 Å². The molecular formula is C21H33IN4O2S. The number of rotatable bonds is 10. The molecule has 1 heterocycles. The van der Waals surface area contributed by atoms with Crippen LogP contribution in [0.4, 0.5) is 0 Å². The third-order valence-electron chi connectivity index (χ3n) is 4.02. The minimum Gasteiger partial charge on any atom is -0.493 e. The molecule has 0 bridgehead atoms. The number of aromatic nitrogens is 1. The number of nitrogens with one attached hydrogen (secondary N) is 2. The zero-order valence-electron chi connectivity index (χ0n) is 17.9. The van der Waals surface area contributed by atoms with Crippen LogP contribution in [0.5, 0.6) is 11.5 Å². The molecule has 29 heavy (non-hydrogen) atoms. The predicted octanol–water partition coefficient (Wildman–Crippen LogP) is 4.94. The Morgan fingerprint density at radius 1 is 1.21 bits per heavy atom. The molecule has 0 aliphatic carbocycles. The summed E-state index contributed by atoms with van der Waals surface area (Å²) in [4.78, 5) is 9.34. The van der Waals surface area contributed by atoms with Gasteiger partial charge in [-0.15, -0.1) is 35.3 Å². The van der Waals surface area contributed by atoms with Crippen molar-refractivity contribution in [2.45, 2.75) is 53.1 Å². The second-order valence-electron chi connectivity index (χ2n) is 6.70. The normalized spacial score (nSPS) is 11.2. The van der Waals surface area contributed by atoms with Gasteiger partial charge in [-0.25, -0.2) is 9.98 Å². The Morgan fingerprint density at radius 3 is 2.62 bits per heavy atom. The first-order valence-electron chi connectivity index (χ1n) is 9.83. The van der Waals surface area contributed by atoms with E-state index >= 15 is 0 Å². The van der Waals surface area contributed by atoms with Crippen LogP contribution in [0.3, 0.4) is 0 Å². The van der Waals surface area contributed by atoms with Crippen molar-refractivity contribution >= 4 is 41.3 Å². The largest absolute Gasteiger partial charge is 0.493 e. The molecule has 0 fully saturated rings. The first-order valence-corrected chi connectivity index (χ1v) is 10.7. The standard InChI is InChI=1S/C21H32N4O2S.HI/c1-6-10-27-18-9-8-16(11-19(18)26-5)12-23-21(22-7-2)24-13-20-25-17(14-28-20)15(3)4;/h8-9,11,14-15H,6-7,10,12-13H2,1-5H3,(H2,22,23,24);1H. The summed E-state index contributed by atoms with van der Waals surface area (Å²) in [7, 11) is 1.66.